The minimum Gasteiger partial charge on any atom is -0.497 e. The molecule has 4 nitrogen and oxygen atoms in total. The third kappa shape index (κ3) is 5.69. The van der Waals surface area contributed by atoms with Crippen LogP contribution in [0, 0.1) is 9.39 Å². The molecule has 3 rings (SSSR count). The normalized spacial score (nSPS) is 10.9. The quantitative estimate of drug-likeness (QED) is 0.272. The van der Waals surface area contributed by atoms with E-state index in [-0.39, 0.29) is 12.4 Å². The monoisotopic (exact) mass is 505 g/mol. The topological polar surface area (TPSA) is 40.0 Å². The third-order valence-electron chi connectivity index (χ3n) is 4.10. The second-order valence-electron chi connectivity index (χ2n) is 6.10. The molecular weight excluding hydrogens is 484 g/mol. The fourth-order valence-electron chi connectivity index (χ4n) is 2.65. The molecule has 29 heavy (non-hydrogen) atoms. The summed E-state index contributed by atoms with van der Waals surface area (Å²) in [6, 6.07) is 17.9. The van der Waals surface area contributed by atoms with Crippen LogP contribution in [0.25, 0.3) is 0 Å². The molecular formula is C23H21FINO3. The summed E-state index contributed by atoms with van der Waals surface area (Å²) in [6.45, 7) is 2.53. The highest BCUT2D eigenvalue weighted by molar-refractivity contribution is 14.1. The molecule has 0 N–H and O–H groups in total. The van der Waals surface area contributed by atoms with Gasteiger partial charge in [0.05, 0.1) is 23.0 Å². The van der Waals surface area contributed by atoms with Gasteiger partial charge in [-0.25, -0.2) is 4.39 Å². The van der Waals surface area contributed by atoms with Gasteiger partial charge in [-0.1, -0.05) is 18.2 Å². The van der Waals surface area contributed by atoms with Gasteiger partial charge in [0.25, 0.3) is 0 Å². The fraction of sp³-hybridized carbons (Fsp3) is 0.174. The van der Waals surface area contributed by atoms with Crippen molar-refractivity contribution >= 4 is 34.5 Å². The molecule has 0 heterocycles. The first kappa shape index (κ1) is 21.1. The van der Waals surface area contributed by atoms with Gasteiger partial charge in [-0.15, -0.1) is 0 Å². The number of hydrogen-bond acceptors (Lipinski definition) is 4. The van der Waals surface area contributed by atoms with Crippen molar-refractivity contribution < 1.29 is 18.6 Å². The first-order valence-electron chi connectivity index (χ1n) is 9.11. The lowest BCUT2D eigenvalue weighted by Gasteiger charge is -2.15. The fourth-order valence-corrected chi connectivity index (χ4v) is 3.43. The lowest BCUT2D eigenvalue weighted by molar-refractivity contribution is 0.264. The average molecular weight is 505 g/mol. The van der Waals surface area contributed by atoms with Crippen LogP contribution in [-0.4, -0.2) is 19.9 Å². The SMILES string of the molecule is CCOc1cc(C=Nc2ccc(OC)cc2)cc(I)c1OCc1ccccc1F. The highest BCUT2D eigenvalue weighted by Crippen LogP contribution is 2.35. The van der Waals surface area contributed by atoms with Crippen molar-refractivity contribution in [1.82, 2.24) is 0 Å². The standard InChI is InChI=1S/C23H21FINO3/c1-3-28-22-13-16(14-26-18-8-10-19(27-2)11-9-18)12-21(25)23(22)29-15-17-6-4-5-7-20(17)24/h4-14H,3,15H2,1-2H3. The van der Waals surface area contributed by atoms with Crippen LogP contribution in [0.15, 0.2) is 65.7 Å². The van der Waals surface area contributed by atoms with Crippen molar-refractivity contribution in [2.45, 2.75) is 13.5 Å². The van der Waals surface area contributed by atoms with E-state index in [0.29, 0.717) is 23.7 Å². The van der Waals surface area contributed by atoms with Gasteiger partial charge in [-0.2, -0.15) is 0 Å². The van der Waals surface area contributed by atoms with E-state index in [1.807, 2.05) is 43.3 Å². The number of hydrogen-bond donors (Lipinski definition) is 0. The minimum absolute atomic E-state index is 0.127. The number of halogens is 2. The molecule has 0 aliphatic heterocycles. The molecule has 0 radical (unpaired) electrons. The van der Waals surface area contributed by atoms with E-state index < -0.39 is 0 Å². The number of methoxy groups -OCH3 is 1. The van der Waals surface area contributed by atoms with E-state index in [4.69, 9.17) is 14.2 Å². The molecule has 0 atom stereocenters. The van der Waals surface area contributed by atoms with E-state index in [0.717, 1.165) is 20.6 Å². The van der Waals surface area contributed by atoms with Crippen LogP contribution in [0.5, 0.6) is 17.2 Å². The van der Waals surface area contributed by atoms with E-state index in [1.54, 1.807) is 31.5 Å². The Labute approximate surface area is 183 Å². The average Bonchev–Trinajstić information content (AvgIpc) is 2.73. The molecule has 6 heteroatoms. The maximum atomic E-state index is 13.9. The molecule has 3 aromatic rings. The Morgan fingerprint density at radius 1 is 1.03 bits per heavy atom. The summed E-state index contributed by atoms with van der Waals surface area (Å²) in [4.78, 5) is 4.50. The van der Waals surface area contributed by atoms with E-state index >= 15 is 0 Å². The summed E-state index contributed by atoms with van der Waals surface area (Å²) in [5, 5.41) is 0. The Morgan fingerprint density at radius 3 is 2.48 bits per heavy atom. The minimum atomic E-state index is -0.288. The zero-order chi connectivity index (χ0) is 20.6. The van der Waals surface area contributed by atoms with Gasteiger partial charge in [0.1, 0.15) is 18.2 Å². The van der Waals surface area contributed by atoms with Crippen LogP contribution >= 0.6 is 22.6 Å². The van der Waals surface area contributed by atoms with Gasteiger partial charge >= 0.3 is 0 Å². The molecule has 0 spiro atoms. The molecule has 0 bridgehead atoms. The number of benzene rings is 3. The Morgan fingerprint density at radius 2 is 1.79 bits per heavy atom. The van der Waals surface area contributed by atoms with Crippen LogP contribution in [0.4, 0.5) is 10.1 Å². The molecule has 0 aromatic heterocycles. The largest absolute Gasteiger partial charge is 0.497 e. The van der Waals surface area contributed by atoms with Crippen LogP contribution in [-0.2, 0) is 6.61 Å². The van der Waals surface area contributed by atoms with Crippen LogP contribution in [0.3, 0.4) is 0 Å². The number of rotatable bonds is 8. The van der Waals surface area contributed by atoms with Crippen LogP contribution in [0.2, 0.25) is 0 Å². The van der Waals surface area contributed by atoms with Crippen molar-refractivity contribution in [1.29, 1.82) is 0 Å². The first-order chi connectivity index (χ1) is 14.1. The van der Waals surface area contributed by atoms with Gasteiger partial charge in [0, 0.05) is 11.8 Å². The Balaban J connectivity index is 1.81. The van der Waals surface area contributed by atoms with Crippen LogP contribution < -0.4 is 14.2 Å². The van der Waals surface area contributed by atoms with Crippen molar-refractivity contribution in [3.8, 4) is 17.2 Å². The molecule has 0 fully saturated rings. The summed E-state index contributed by atoms with van der Waals surface area (Å²) in [5.74, 6) is 1.70. The molecule has 0 aliphatic rings. The van der Waals surface area contributed by atoms with Gasteiger partial charge in [-0.05, 0) is 77.5 Å². The van der Waals surface area contributed by atoms with E-state index in [1.165, 1.54) is 6.07 Å². The summed E-state index contributed by atoms with van der Waals surface area (Å²) < 4.78 is 31.6. The van der Waals surface area contributed by atoms with Gasteiger partial charge in [0.2, 0.25) is 0 Å². The van der Waals surface area contributed by atoms with Gasteiger partial charge < -0.3 is 14.2 Å². The summed E-state index contributed by atoms with van der Waals surface area (Å²) in [7, 11) is 1.63. The number of nitrogens with zero attached hydrogens (tertiary/aromatic N) is 1. The van der Waals surface area contributed by atoms with Crippen molar-refractivity contribution in [3.05, 3.63) is 81.2 Å². The Kier molecular flexibility index (Phi) is 7.46. The summed E-state index contributed by atoms with van der Waals surface area (Å²) in [6.07, 6.45) is 1.77. The summed E-state index contributed by atoms with van der Waals surface area (Å²) in [5.41, 5.74) is 2.20. The lowest BCUT2D eigenvalue weighted by atomic mass is 10.2. The molecule has 3 aromatic carbocycles. The maximum absolute atomic E-state index is 13.9. The highest BCUT2D eigenvalue weighted by Gasteiger charge is 2.13. The lowest BCUT2D eigenvalue weighted by Crippen LogP contribution is -2.03. The van der Waals surface area contributed by atoms with E-state index in [2.05, 4.69) is 27.6 Å². The van der Waals surface area contributed by atoms with Gasteiger partial charge in [0.15, 0.2) is 11.5 Å². The van der Waals surface area contributed by atoms with Crippen molar-refractivity contribution in [2.24, 2.45) is 4.99 Å². The smallest absolute Gasteiger partial charge is 0.175 e. The molecule has 150 valence electrons. The molecule has 0 aliphatic carbocycles. The van der Waals surface area contributed by atoms with Crippen LogP contribution in [0.1, 0.15) is 18.1 Å². The number of ether oxygens (including phenoxy) is 3. The predicted molar refractivity (Wildman–Crippen MR) is 121 cm³/mol. The Hall–Kier alpha value is -2.61. The van der Waals surface area contributed by atoms with Gasteiger partial charge in [-0.3, -0.25) is 4.99 Å². The first-order valence-corrected chi connectivity index (χ1v) is 10.2. The van der Waals surface area contributed by atoms with Crippen molar-refractivity contribution in [2.75, 3.05) is 13.7 Å². The highest BCUT2D eigenvalue weighted by atomic mass is 127. The zero-order valence-electron chi connectivity index (χ0n) is 16.2. The summed E-state index contributed by atoms with van der Waals surface area (Å²) >= 11 is 2.19. The zero-order valence-corrected chi connectivity index (χ0v) is 18.4. The maximum Gasteiger partial charge on any atom is 0.175 e. The van der Waals surface area contributed by atoms with Crippen molar-refractivity contribution in [3.63, 3.8) is 0 Å². The molecule has 0 saturated carbocycles. The predicted octanol–water partition coefficient (Wildman–Crippen LogP) is 6.17. The number of aliphatic imine (C=N–C) groups is 1. The second-order valence-corrected chi connectivity index (χ2v) is 7.26. The second kappa shape index (κ2) is 10.2. The third-order valence-corrected chi connectivity index (χ3v) is 4.90. The molecule has 0 amide bonds. The van der Waals surface area contributed by atoms with E-state index in [9.17, 15) is 4.39 Å². The molecule has 0 unspecified atom stereocenters. The Bertz CT molecular complexity index is 990. The molecule has 0 saturated heterocycles.